The van der Waals surface area contributed by atoms with Crippen LogP contribution in [0.2, 0.25) is 5.02 Å². The molecular formula is C21H22ClN3O4. The van der Waals surface area contributed by atoms with E-state index in [1.54, 1.807) is 42.5 Å². The van der Waals surface area contributed by atoms with Gasteiger partial charge in [0.15, 0.2) is 11.5 Å². The average molecular weight is 416 g/mol. The first-order valence-corrected chi connectivity index (χ1v) is 9.18. The fourth-order valence-electron chi connectivity index (χ4n) is 2.48. The largest absolute Gasteiger partial charge is 0.504 e. The van der Waals surface area contributed by atoms with Gasteiger partial charge in [-0.3, -0.25) is 9.59 Å². The number of hydrazone groups is 1. The Balaban J connectivity index is 1.87. The molecule has 152 valence electrons. The van der Waals surface area contributed by atoms with Crippen molar-refractivity contribution in [3.05, 3.63) is 65.2 Å². The molecule has 0 heterocycles. The van der Waals surface area contributed by atoms with Crippen LogP contribution < -0.4 is 15.5 Å². The number of methoxy groups -OCH3 is 1. The number of amides is 2. The lowest BCUT2D eigenvalue weighted by molar-refractivity contribution is -0.124. The van der Waals surface area contributed by atoms with Crippen LogP contribution in [0.4, 0.5) is 5.69 Å². The summed E-state index contributed by atoms with van der Waals surface area (Å²) in [5.74, 6) is -0.364. The highest BCUT2D eigenvalue weighted by Gasteiger charge is 2.10. The van der Waals surface area contributed by atoms with E-state index < -0.39 is 5.91 Å². The van der Waals surface area contributed by atoms with E-state index in [1.165, 1.54) is 13.3 Å². The van der Waals surface area contributed by atoms with Crippen molar-refractivity contribution in [2.45, 2.75) is 19.3 Å². The Kier molecular flexibility index (Phi) is 8.24. The van der Waals surface area contributed by atoms with Crippen LogP contribution in [-0.2, 0) is 16.0 Å². The SMILES string of the molecule is C=CCc1cc(C=NNC(=O)CCC(=O)Nc2cccc(Cl)c2)cc(OC)c1O. The minimum atomic E-state index is -0.403. The zero-order chi connectivity index (χ0) is 21.2. The summed E-state index contributed by atoms with van der Waals surface area (Å²) < 4.78 is 5.14. The Hall–Kier alpha value is -3.32. The molecule has 0 aromatic heterocycles. The molecule has 3 N–H and O–H groups in total. The van der Waals surface area contributed by atoms with E-state index >= 15 is 0 Å². The summed E-state index contributed by atoms with van der Waals surface area (Å²) in [4.78, 5) is 23.8. The van der Waals surface area contributed by atoms with Gasteiger partial charge in [-0.15, -0.1) is 6.58 Å². The fraction of sp³-hybridized carbons (Fsp3) is 0.190. The quantitative estimate of drug-likeness (QED) is 0.330. The molecule has 0 saturated heterocycles. The lowest BCUT2D eigenvalue weighted by Crippen LogP contribution is -2.20. The summed E-state index contributed by atoms with van der Waals surface area (Å²) in [6, 6.07) is 10.1. The van der Waals surface area contributed by atoms with Crippen molar-refractivity contribution in [2.75, 3.05) is 12.4 Å². The zero-order valence-electron chi connectivity index (χ0n) is 15.9. The Morgan fingerprint density at radius 2 is 2.00 bits per heavy atom. The van der Waals surface area contributed by atoms with Gasteiger partial charge < -0.3 is 15.2 Å². The molecule has 0 bridgehead atoms. The fourth-order valence-corrected chi connectivity index (χ4v) is 2.67. The molecule has 0 spiro atoms. The van der Waals surface area contributed by atoms with Crippen molar-refractivity contribution in [3.8, 4) is 11.5 Å². The van der Waals surface area contributed by atoms with Crippen LogP contribution in [0.15, 0.2) is 54.2 Å². The second-order valence-corrected chi connectivity index (χ2v) is 6.51. The van der Waals surface area contributed by atoms with E-state index in [-0.39, 0.29) is 24.5 Å². The Morgan fingerprint density at radius 1 is 1.24 bits per heavy atom. The van der Waals surface area contributed by atoms with E-state index in [0.717, 1.165) is 0 Å². The summed E-state index contributed by atoms with van der Waals surface area (Å²) >= 11 is 5.86. The van der Waals surface area contributed by atoms with Crippen LogP contribution in [-0.4, -0.2) is 30.2 Å². The number of carbonyl (C=O) groups is 2. The van der Waals surface area contributed by atoms with Gasteiger partial charge in [0.2, 0.25) is 11.8 Å². The molecule has 2 aromatic rings. The number of allylic oxidation sites excluding steroid dienone is 1. The number of anilines is 1. The van der Waals surface area contributed by atoms with Crippen molar-refractivity contribution in [1.82, 2.24) is 5.43 Å². The van der Waals surface area contributed by atoms with Crippen molar-refractivity contribution in [3.63, 3.8) is 0 Å². The van der Waals surface area contributed by atoms with Gasteiger partial charge in [-0.05, 0) is 42.3 Å². The number of hydrogen-bond donors (Lipinski definition) is 3. The topological polar surface area (TPSA) is 100 Å². The molecular weight excluding hydrogens is 394 g/mol. The van der Waals surface area contributed by atoms with Gasteiger partial charge >= 0.3 is 0 Å². The molecule has 29 heavy (non-hydrogen) atoms. The van der Waals surface area contributed by atoms with Gasteiger partial charge in [0.1, 0.15) is 0 Å². The first kappa shape index (κ1) is 22.0. The normalized spacial score (nSPS) is 10.6. The van der Waals surface area contributed by atoms with Gasteiger partial charge in [0.25, 0.3) is 0 Å². The smallest absolute Gasteiger partial charge is 0.240 e. The van der Waals surface area contributed by atoms with Crippen LogP contribution in [0, 0.1) is 0 Å². The summed E-state index contributed by atoms with van der Waals surface area (Å²) in [7, 11) is 1.45. The maximum atomic E-state index is 11.9. The number of nitrogens with one attached hydrogen (secondary N) is 2. The number of phenols is 1. The Bertz CT molecular complexity index is 928. The van der Waals surface area contributed by atoms with E-state index in [0.29, 0.717) is 34.0 Å². The number of hydrogen-bond acceptors (Lipinski definition) is 5. The molecule has 0 unspecified atom stereocenters. The maximum Gasteiger partial charge on any atom is 0.240 e. The molecule has 0 saturated carbocycles. The Morgan fingerprint density at radius 3 is 2.69 bits per heavy atom. The number of rotatable bonds is 9. The molecule has 0 aliphatic heterocycles. The molecule has 0 atom stereocenters. The van der Waals surface area contributed by atoms with Crippen molar-refractivity contribution >= 4 is 35.3 Å². The van der Waals surface area contributed by atoms with Crippen LogP contribution in [0.25, 0.3) is 0 Å². The first-order valence-electron chi connectivity index (χ1n) is 8.81. The standard InChI is InChI=1S/C21H22ClN3O4/c1-3-5-15-10-14(11-18(29-2)21(15)28)13-23-25-20(27)9-8-19(26)24-17-7-4-6-16(22)12-17/h3-4,6-7,10-13,28H,1,5,8-9H2,2H3,(H,24,26)(H,25,27). The number of phenolic OH excluding ortho intramolecular Hbond substituents is 1. The predicted octanol–water partition coefficient (Wildman–Crippen LogP) is 3.65. The minimum absolute atomic E-state index is 0.00435. The molecule has 2 rings (SSSR count). The lowest BCUT2D eigenvalue weighted by Gasteiger charge is -2.09. The van der Waals surface area contributed by atoms with Gasteiger partial charge in [0.05, 0.1) is 13.3 Å². The molecule has 0 aliphatic carbocycles. The van der Waals surface area contributed by atoms with Crippen molar-refractivity contribution in [2.24, 2.45) is 5.10 Å². The number of nitrogens with zero attached hydrogens (tertiary/aromatic N) is 1. The van der Waals surface area contributed by atoms with Gasteiger partial charge in [-0.2, -0.15) is 5.10 Å². The lowest BCUT2D eigenvalue weighted by atomic mass is 10.1. The highest BCUT2D eigenvalue weighted by atomic mass is 35.5. The molecule has 7 nitrogen and oxygen atoms in total. The molecule has 0 radical (unpaired) electrons. The second-order valence-electron chi connectivity index (χ2n) is 6.08. The molecule has 8 heteroatoms. The molecule has 2 aromatic carbocycles. The third kappa shape index (κ3) is 6.97. The average Bonchev–Trinajstić information content (AvgIpc) is 2.69. The molecule has 0 aliphatic rings. The molecule has 0 fully saturated rings. The van der Waals surface area contributed by atoms with E-state index in [9.17, 15) is 14.7 Å². The number of ether oxygens (including phenoxy) is 1. The number of halogens is 1. The second kappa shape index (κ2) is 10.9. The monoisotopic (exact) mass is 415 g/mol. The predicted molar refractivity (Wildman–Crippen MR) is 114 cm³/mol. The summed E-state index contributed by atoms with van der Waals surface area (Å²) in [6.07, 6.45) is 3.52. The van der Waals surface area contributed by atoms with E-state index in [1.807, 2.05) is 0 Å². The summed E-state index contributed by atoms with van der Waals surface area (Å²) in [5.41, 5.74) is 4.20. The van der Waals surface area contributed by atoms with Crippen LogP contribution in [0.5, 0.6) is 11.5 Å². The highest BCUT2D eigenvalue weighted by molar-refractivity contribution is 6.30. The first-order chi connectivity index (χ1) is 13.9. The zero-order valence-corrected chi connectivity index (χ0v) is 16.7. The van der Waals surface area contributed by atoms with Gasteiger partial charge in [-0.25, -0.2) is 5.43 Å². The number of carbonyl (C=O) groups excluding carboxylic acids is 2. The van der Waals surface area contributed by atoms with Gasteiger partial charge in [-0.1, -0.05) is 23.7 Å². The highest BCUT2D eigenvalue weighted by Crippen LogP contribution is 2.31. The van der Waals surface area contributed by atoms with E-state index in [4.69, 9.17) is 16.3 Å². The van der Waals surface area contributed by atoms with Crippen LogP contribution >= 0.6 is 11.6 Å². The van der Waals surface area contributed by atoms with Crippen LogP contribution in [0.3, 0.4) is 0 Å². The summed E-state index contributed by atoms with van der Waals surface area (Å²) in [5, 5.41) is 17.1. The Labute approximate surface area is 174 Å². The third-order valence-corrected chi connectivity index (χ3v) is 4.09. The number of aromatic hydroxyl groups is 1. The van der Waals surface area contributed by atoms with Crippen molar-refractivity contribution in [1.29, 1.82) is 0 Å². The van der Waals surface area contributed by atoms with Crippen LogP contribution in [0.1, 0.15) is 24.0 Å². The maximum absolute atomic E-state index is 11.9. The number of benzene rings is 2. The van der Waals surface area contributed by atoms with Gasteiger partial charge in [0, 0.05) is 29.1 Å². The van der Waals surface area contributed by atoms with Crippen molar-refractivity contribution < 1.29 is 19.4 Å². The third-order valence-electron chi connectivity index (χ3n) is 3.85. The van der Waals surface area contributed by atoms with E-state index in [2.05, 4.69) is 22.4 Å². The molecule has 2 amide bonds. The summed E-state index contributed by atoms with van der Waals surface area (Å²) in [6.45, 7) is 3.65. The minimum Gasteiger partial charge on any atom is -0.504 e.